The van der Waals surface area contributed by atoms with E-state index in [0.717, 1.165) is 41.7 Å². The summed E-state index contributed by atoms with van der Waals surface area (Å²) in [5.74, 6) is 0.127. The summed E-state index contributed by atoms with van der Waals surface area (Å²) in [6.07, 6.45) is 3.72. The molecule has 0 N–H and O–H groups in total. The number of aryl methyl sites for hydroxylation is 2. The van der Waals surface area contributed by atoms with Crippen molar-refractivity contribution in [3.05, 3.63) is 15.6 Å². The topological polar surface area (TPSA) is 45.7 Å². The van der Waals surface area contributed by atoms with Crippen LogP contribution in [0.25, 0.3) is 0 Å². The van der Waals surface area contributed by atoms with Gasteiger partial charge in [0.15, 0.2) is 0 Å². The first-order valence-corrected chi connectivity index (χ1v) is 8.99. The van der Waals surface area contributed by atoms with E-state index >= 15 is 0 Å². The molecule has 3 aliphatic heterocycles. The first-order valence-electron chi connectivity index (χ1n) is 8.18. The van der Waals surface area contributed by atoms with Crippen molar-refractivity contribution in [1.82, 2.24) is 14.8 Å². The van der Waals surface area contributed by atoms with E-state index in [4.69, 9.17) is 4.74 Å². The summed E-state index contributed by atoms with van der Waals surface area (Å²) >= 11 is 1.50. The summed E-state index contributed by atoms with van der Waals surface area (Å²) < 4.78 is 6.11. The standard InChI is InChI=1S/C16H23N3O2S/c1-11-14(22-12(2)17-11)15(20)19-9-16(10-19)7-13(8-21-16)18-5-3-4-6-18/h13H,3-10H2,1-2H3. The molecule has 22 heavy (non-hydrogen) atoms. The molecule has 120 valence electrons. The molecule has 4 heterocycles. The van der Waals surface area contributed by atoms with E-state index in [0.29, 0.717) is 6.04 Å². The second-order valence-electron chi connectivity index (χ2n) is 6.90. The Bertz CT molecular complexity index is 588. The minimum absolute atomic E-state index is 0.0729. The number of aromatic nitrogens is 1. The molecular weight excluding hydrogens is 298 g/mol. The van der Waals surface area contributed by atoms with Crippen LogP contribution in [0.5, 0.6) is 0 Å². The van der Waals surface area contributed by atoms with Gasteiger partial charge >= 0.3 is 0 Å². The van der Waals surface area contributed by atoms with Crippen LogP contribution in [0.2, 0.25) is 0 Å². The summed E-state index contributed by atoms with van der Waals surface area (Å²) in [5.41, 5.74) is 0.784. The third-order valence-electron chi connectivity index (χ3n) is 5.19. The second kappa shape index (κ2) is 5.28. The van der Waals surface area contributed by atoms with Crippen LogP contribution in [0.1, 0.15) is 39.6 Å². The molecule has 4 rings (SSSR count). The van der Waals surface area contributed by atoms with Crippen molar-refractivity contribution < 1.29 is 9.53 Å². The molecule has 1 spiro atoms. The quantitative estimate of drug-likeness (QED) is 0.834. The van der Waals surface area contributed by atoms with Crippen LogP contribution in [0.3, 0.4) is 0 Å². The van der Waals surface area contributed by atoms with Gasteiger partial charge in [0.05, 0.1) is 30.4 Å². The Morgan fingerprint density at radius 3 is 2.68 bits per heavy atom. The molecule has 1 aromatic heterocycles. The van der Waals surface area contributed by atoms with Gasteiger partial charge in [0.25, 0.3) is 5.91 Å². The Hall–Kier alpha value is -0.980. The molecule has 1 atom stereocenters. The number of ether oxygens (including phenoxy) is 1. The Balaban J connectivity index is 1.37. The van der Waals surface area contributed by atoms with Gasteiger partial charge in [0.1, 0.15) is 10.5 Å². The molecule has 3 saturated heterocycles. The average molecular weight is 321 g/mol. The van der Waals surface area contributed by atoms with E-state index in [1.807, 2.05) is 18.7 Å². The van der Waals surface area contributed by atoms with Crippen molar-refractivity contribution in [1.29, 1.82) is 0 Å². The number of carbonyl (C=O) groups is 1. The third kappa shape index (κ3) is 2.37. The molecule has 0 bridgehead atoms. The van der Waals surface area contributed by atoms with E-state index in [1.165, 1.54) is 37.3 Å². The normalized spacial score (nSPS) is 27.5. The summed E-state index contributed by atoms with van der Waals surface area (Å²) in [6, 6.07) is 0.562. The number of amides is 1. The zero-order valence-corrected chi connectivity index (χ0v) is 14.1. The Labute approximate surface area is 135 Å². The lowest BCUT2D eigenvalue weighted by molar-refractivity contribution is -0.0949. The highest BCUT2D eigenvalue weighted by Crippen LogP contribution is 2.38. The minimum atomic E-state index is -0.0729. The smallest absolute Gasteiger partial charge is 0.266 e. The van der Waals surface area contributed by atoms with Crippen LogP contribution < -0.4 is 0 Å². The summed E-state index contributed by atoms with van der Waals surface area (Å²) in [7, 11) is 0. The molecule has 3 aliphatic rings. The molecule has 3 fully saturated rings. The number of hydrogen-bond acceptors (Lipinski definition) is 5. The number of nitrogens with zero attached hydrogens (tertiary/aromatic N) is 3. The lowest BCUT2D eigenvalue weighted by atomic mass is 9.89. The first kappa shape index (κ1) is 14.6. The van der Waals surface area contributed by atoms with Crippen LogP contribution in [0.4, 0.5) is 0 Å². The lowest BCUT2D eigenvalue weighted by Crippen LogP contribution is -2.63. The van der Waals surface area contributed by atoms with Gasteiger partial charge in [-0.3, -0.25) is 9.69 Å². The monoisotopic (exact) mass is 321 g/mol. The fourth-order valence-corrected chi connectivity index (χ4v) is 4.94. The predicted octanol–water partition coefficient (Wildman–Crippen LogP) is 1.84. The first-order chi connectivity index (χ1) is 10.6. The third-order valence-corrected chi connectivity index (χ3v) is 6.25. The highest BCUT2D eigenvalue weighted by atomic mass is 32.1. The van der Waals surface area contributed by atoms with Gasteiger partial charge in [0, 0.05) is 6.04 Å². The second-order valence-corrected chi connectivity index (χ2v) is 8.11. The van der Waals surface area contributed by atoms with Crippen LogP contribution in [-0.2, 0) is 4.74 Å². The predicted molar refractivity (Wildman–Crippen MR) is 85.4 cm³/mol. The molecule has 6 heteroatoms. The van der Waals surface area contributed by atoms with E-state index < -0.39 is 0 Å². The highest BCUT2D eigenvalue weighted by Gasteiger charge is 2.52. The fraction of sp³-hybridized carbons (Fsp3) is 0.750. The van der Waals surface area contributed by atoms with Crippen molar-refractivity contribution >= 4 is 17.2 Å². The highest BCUT2D eigenvalue weighted by molar-refractivity contribution is 7.13. The molecular formula is C16H23N3O2S. The molecule has 0 aromatic carbocycles. The van der Waals surface area contributed by atoms with Crippen molar-refractivity contribution in [3.8, 4) is 0 Å². The van der Waals surface area contributed by atoms with E-state index in [2.05, 4.69) is 9.88 Å². The number of likely N-dealkylation sites (tertiary alicyclic amines) is 2. The molecule has 0 radical (unpaired) electrons. The molecule has 1 unspecified atom stereocenters. The zero-order valence-electron chi connectivity index (χ0n) is 13.3. The van der Waals surface area contributed by atoms with Crippen molar-refractivity contribution in [2.24, 2.45) is 0 Å². The van der Waals surface area contributed by atoms with Gasteiger partial charge < -0.3 is 9.64 Å². The van der Waals surface area contributed by atoms with Gasteiger partial charge in [-0.05, 0) is 46.2 Å². The largest absolute Gasteiger partial charge is 0.370 e. The van der Waals surface area contributed by atoms with Gasteiger partial charge in [-0.1, -0.05) is 0 Å². The number of thiazole rings is 1. The molecule has 1 aromatic rings. The van der Waals surface area contributed by atoms with Crippen LogP contribution in [0, 0.1) is 13.8 Å². The van der Waals surface area contributed by atoms with Gasteiger partial charge in [0.2, 0.25) is 0 Å². The summed E-state index contributed by atoms with van der Waals surface area (Å²) in [6.45, 7) is 8.62. The SMILES string of the molecule is Cc1nc(C)c(C(=O)N2CC3(CC(N4CCCC4)CO3)C2)s1. The van der Waals surface area contributed by atoms with Crippen LogP contribution in [0.15, 0.2) is 0 Å². The Kier molecular flexibility index (Phi) is 3.51. The van der Waals surface area contributed by atoms with Crippen molar-refractivity contribution in [2.45, 2.75) is 44.8 Å². The number of hydrogen-bond donors (Lipinski definition) is 0. The van der Waals surface area contributed by atoms with Crippen molar-refractivity contribution in [2.75, 3.05) is 32.8 Å². The maximum absolute atomic E-state index is 12.6. The Morgan fingerprint density at radius 2 is 2.05 bits per heavy atom. The molecule has 0 saturated carbocycles. The molecule has 0 aliphatic carbocycles. The van der Waals surface area contributed by atoms with E-state index in [9.17, 15) is 4.79 Å². The van der Waals surface area contributed by atoms with Gasteiger partial charge in [-0.2, -0.15) is 0 Å². The van der Waals surface area contributed by atoms with Gasteiger partial charge in [-0.15, -0.1) is 11.3 Å². The summed E-state index contributed by atoms with van der Waals surface area (Å²) in [4.78, 5) is 22.2. The van der Waals surface area contributed by atoms with Crippen molar-refractivity contribution in [3.63, 3.8) is 0 Å². The van der Waals surface area contributed by atoms with Crippen LogP contribution >= 0.6 is 11.3 Å². The average Bonchev–Trinajstić information content (AvgIpc) is 3.14. The summed E-state index contributed by atoms with van der Waals surface area (Å²) in [5, 5.41) is 0.960. The number of rotatable bonds is 2. The lowest BCUT2D eigenvalue weighted by Gasteiger charge is -2.47. The zero-order chi connectivity index (χ0) is 15.3. The maximum Gasteiger partial charge on any atom is 0.266 e. The minimum Gasteiger partial charge on any atom is -0.370 e. The molecule has 1 amide bonds. The van der Waals surface area contributed by atoms with E-state index in [1.54, 1.807) is 0 Å². The van der Waals surface area contributed by atoms with Crippen LogP contribution in [-0.4, -0.2) is 65.1 Å². The maximum atomic E-state index is 12.6. The Morgan fingerprint density at radius 1 is 1.32 bits per heavy atom. The fourth-order valence-electron chi connectivity index (χ4n) is 4.05. The number of carbonyl (C=O) groups excluding carboxylic acids is 1. The molecule has 5 nitrogen and oxygen atoms in total. The van der Waals surface area contributed by atoms with Gasteiger partial charge in [-0.25, -0.2) is 4.98 Å². The van der Waals surface area contributed by atoms with E-state index in [-0.39, 0.29) is 11.5 Å².